The van der Waals surface area contributed by atoms with E-state index >= 15 is 0 Å². The van der Waals surface area contributed by atoms with E-state index in [1.54, 1.807) is 6.26 Å². The molecular weight excluding hydrogens is 266 g/mol. The van der Waals surface area contributed by atoms with Crippen molar-refractivity contribution >= 4 is 22.8 Å². The maximum Gasteiger partial charge on any atom is 0.159 e. The van der Waals surface area contributed by atoms with Crippen LogP contribution in [0.1, 0.15) is 29.5 Å². The average Bonchev–Trinajstić information content (AvgIpc) is 3.00. The quantitative estimate of drug-likeness (QED) is 0.691. The zero-order chi connectivity index (χ0) is 13.6. The molecule has 7 heteroatoms. The Morgan fingerprint density at radius 2 is 2.26 bits per heavy atom. The number of hydrogen-bond acceptors (Lipinski definition) is 4. The lowest BCUT2D eigenvalue weighted by Gasteiger charge is -2.09. The number of alkyl halides is 1. The summed E-state index contributed by atoms with van der Waals surface area (Å²) in [6, 6.07) is 1.83. The number of aryl methyl sites for hydroxylation is 2. The van der Waals surface area contributed by atoms with Gasteiger partial charge in [-0.2, -0.15) is 5.10 Å². The maximum atomic E-state index is 6.22. The van der Waals surface area contributed by atoms with Gasteiger partial charge in [0.15, 0.2) is 5.65 Å². The highest BCUT2D eigenvalue weighted by Crippen LogP contribution is 2.26. The molecule has 1 unspecified atom stereocenters. The van der Waals surface area contributed by atoms with E-state index in [1.165, 1.54) is 0 Å². The zero-order valence-electron chi connectivity index (χ0n) is 11.0. The molecule has 19 heavy (non-hydrogen) atoms. The van der Waals surface area contributed by atoms with E-state index < -0.39 is 0 Å². The molecule has 3 aromatic heterocycles. The highest BCUT2D eigenvalue weighted by Gasteiger charge is 2.20. The minimum absolute atomic E-state index is 0.182. The predicted molar refractivity (Wildman–Crippen MR) is 71.1 cm³/mol. The summed E-state index contributed by atoms with van der Waals surface area (Å²) in [4.78, 5) is 4.60. The van der Waals surface area contributed by atoms with Crippen molar-refractivity contribution in [1.29, 1.82) is 0 Å². The molecule has 3 aromatic rings. The van der Waals surface area contributed by atoms with Gasteiger partial charge in [0, 0.05) is 13.1 Å². The molecule has 0 fully saturated rings. The van der Waals surface area contributed by atoms with Crippen molar-refractivity contribution in [2.75, 3.05) is 0 Å². The van der Waals surface area contributed by atoms with Crippen LogP contribution in [0.4, 0.5) is 0 Å². The summed E-state index contributed by atoms with van der Waals surface area (Å²) in [7, 11) is 1.90. The SMILES string of the molecule is Cc1nn(C)c2c1nc(C(C)Cl)n2Cc1ccon1. The van der Waals surface area contributed by atoms with Gasteiger partial charge in [-0.3, -0.25) is 4.68 Å². The van der Waals surface area contributed by atoms with Crippen molar-refractivity contribution in [3.63, 3.8) is 0 Å². The lowest BCUT2D eigenvalue weighted by atomic mass is 10.4. The molecule has 3 rings (SSSR count). The van der Waals surface area contributed by atoms with Gasteiger partial charge in [0.25, 0.3) is 0 Å². The van der Waals surface area contributed by atoms with Gasteiger partial charge in [-0.25, -0.2) is 4.98 Å². The number of hydrogen-bond donors (Lipinski definition) is 0. The normalized spacial score (nSPS) is 13.3. The Morgan fingerprint density at radius 3 is 2.89 bits per heavy atom. The molecular formula is C12H14ClN5O. The molecule has 0 aliphatic rings. The largest absolute Gasteiger partial charge is 0.364 e. The minimum Gasteiger partial charge on any atom is -0.364 e. The fourth-order valence-corrected chi connectivity index (χ4v) is 2.46. The van der Waals surface area contributed by atoms with E-state index in [1.807, 2.05) is 36.2 Å². The molecule has 0 saturated carbocycles. The molecule has 0 radical (unpaired) electrons. The van der Waals surface area contributed by atoms with Crippen molar-refractivity contribution in [3.8, 4) is 0 Å². The number of imidazole rings is 1. The second-order valence-corrected chi connectivity index (χ2v) is 5.20. The summed E-state index contributed by atoms with van der Waals surface area (Å²) in [6.07, 6.45) is 1.56. The molecule has 0 aliphatic carbocycles. The Labute approximate surface area is 115 Å². The Bertz CT molecular complexity index is 710. The number of rotatable bonds is 3. The van der Waals surface area contributed by atoms with Gasteiger partial charge in [0.05, 0.1) is 17.6 Å². The van der Waals surface area contributed by atoms with E-state index in [2.05, 4.69) is 15.2 Å². The standard InChI is InChI=1S/C12H14ClN5O/c1-7(13)11-14-10-8(2)15-17(3)12(10)18(11)6-9-4-5-19-16-9/h4-5,7H,6H2,1-3H3. The Morgan fingerprint density at radius 1 is 1.47 bits per heavy atom. The summed E-state index contributed by atoms with van der Waals surface area (Å²) >= 11 is 6.22. The van der Waals surface area contributed by atoms with Crippen LogP contribution in [-0.2, 0) is 13.6 Å². The fraction of sp³-hybridized carbons (Fsp3) is 0.417. The Balaban J connectivity index is 2.21. The summed E-state index contributed by atoms with van der Waals surface area (Å²) in [5.41, 5.74) is 3.56. The topological polar surface area (TPSA) is 61.7 Å². The minimum atomic E-state index is -0.182. The van der Waals surface area contributed by atoms with Crippen molar-refractivity contribution < 1.29 is 4.52 Å². The van der Waals surface area contributed by atoms with Crippen molar-refractivity contribution in [3.05, 3.63) is 29.5 Å². The van der Waals surface area contributed by atoms with E-state index in [0.717, 1.165) is 28.4 Å². The van der Waals surface area contributed by atoms with E-state index in [9.17, 15) is 0 Å². The van der Waals surface area contributed by atoms with E-state index in [-0.39, 0.29) is 5.38 Å². The van der Waals surface area contributed by atoms with E-state index in [4.69, 9.17) is 16.1 Å². The van der Waals surface area contributed by atoms with Crippen LogP contribution in [0.2, 0.25) is 0 Å². The summed E-state index contributed by atoms with van der Waals surface area (Å²) in [5.74, 6) is 0.816. The van der Waals surface area contributed by atoms with Gasteiger partial charge >= 0.3 is 0 Å². The monoisotopic (exact) mass is 279 g/mol. The third-order valence-electron chi connectivity index (χ3n) is 3.09. The number of halogens is 1. The van der Waals surface area contributed by atoms with Crippen molar-refractivity contribution in [2.45, 2.75) is 25.8 Å². The highest BCUT2D eigenvalue weighted by molar-refractivity contribution is 6.20. The Hall–Kier alpha value is -1.82. The van der Waals surface area contributed by atoms with Crippen LogP contribution in [0, 0.1) is 6.92 Å². The van der Waals surface area contributed by atoms with Crippen LogP contribution in [0.3, 0.4) is 0 Å². The molecule has 0 spiro atoms. The van der Waals surface area contributed by atoms with Crippen LogP contribution < -0.4 is 0 Å². The second-order valence-electron chi connectivity index (χ2n) is 4.54. The zero-order valence-corrected chi connectivity index (χ0v) is 11.7. The van der Waals surface area contributed by atoms with Crippen LogP contribution in [0.5, 0.6) is 0 Å². The third kappa shape index (κ3) is 1.92. The molecule has 0 aromatic carbocycles. The lowest BCUT2D eigenvalue weighted by molar-refractivity contribution is 0.409. The second kappa shape index (κ2) is 4.38. The van der Waals surface area contributed by atoms with Crippen LogP contribution in [0.15, 0.2) is 16.9 Å². The molecule has 1 atom stereocenters. The molecule has 0 aliphatic heterocycles. The van der Waals surface area contributed by atoms with Gasteiger partial charge in [-0.15, -0.1) is 11.6 Å². The highest BCUT2D eigenvalue weighted by atomic mass is 35.5. The average molecular weight is 280 g/mol. The van der Waals surface area contributed by atoms with Crippen LogP contribution in [-0.4, -0.2) is 24.5 Å². The van der Waals surface area contributed by atoms with Crippen LogP contribution in [0.25, 0.3) is 11.2 Å². The molecule has 0 N–H and O–H groups in total. The molecule has 100 valence electrons. The molecule has 0 amide bonds. The molecule has 3 heterocycles. The predicted octanol–water partition coefficient (Wildman–Crippen LogP) is 2.41. The first-order valence-corrected chi connectivity index (χ1v) is 6.44. The molecule has 0 saturated heterocycles. The summed E-state index contributed by atoms with van der Waals surface area (Å²) in [5, 5.41) is 8.14. The first kappa shape index (κ1) is 12.2. The van der Waals surface area contributed by atoms with Gasteiger partial charge < -0.3 is 9.09 Å². The first-order valence-electron chi connectivity index (χ1n) is 6.01. The number of nitrogens with zero attached hydrogens (tertiary/aromatic N) is 5. The lowest BCUT2D eigenvalue weighted by Crippen LogP contribution is -2.09. The third-order valence-corrected chi connectivity index (χ3v) is 3.28. The van der Waals surface area contributed by atoms with Crippen molar-refractivity contribution in [2.24, 2.45) is 7.05 Å². The van der Waals surface area contributed by atoms with Gasteiger partial charge in [-0.1, -0.05) is 5.16 Å². The molecule has 0 bridgehead atoms. The fourth-order valence-electron chi connectivity index (χ4n) is 2.29. The molecule has 6 nitrogen and oxygen atoms in total. The van der Waals surface area contributed by atoms with E-state index in [0.29, 0.717) is 6.54 Å². The number of aromatic nitrogens is 5. The summed E-state index contributed by atoms with van der Waals surface area (Å²) < 4.78 is 8.72. The Kier molecular flexibility index (Phi) is 2.82. The van der Waals surface area contributed by atoms with Gasteiger partial charge in [0.2, 0.25) is 0 Å². The first-order chi connectivity index (χ1) is 9.08. The summed E-state index contributed by atoms with van der Waals surface area (Å²) in [6.45, 7) is 4.42. The number of fused-ring (bicyclic) bond motifs is 1. The van der Waals surface area contributed by atoms with Gasteiger partial charge in [-0.05, 0) is 13.8 Å². The van der Waals surface area contributed by atoms with Crippen molar-refractivity contribution in [1.82, 2.24) is 24.5 Å². The van der Waals surface area contributed by atoms with Crippen LogP contribution >= 0.6 is 11.6 Å². The smallest absolute Gasteiger partial charge is 0.159 e. The van der Waals surface area contributed by atoms with Gasteiger partial charge in [0.1, 0.15) is 23.3 Å². The maximum absolute atomic E-state index is 6.22.